The van der Waals surface area contributed by atoms with E-state index in [1.54, 1.807) is 9.47 Å². The SMILES string of the molecule is Cn1c(=O)n(CCC(=O)O)c(=O)c2c1nc1n2C[C@H](O)CN1c1ccccc1. The number of rotatable bonds is 4. The van der Waals surface area contributed by atoms with Crippen molar-refractivity contribution in [3.8, 4) is 0 Å². The van der Waals surface area contributed by atoms with Gasteiger partial charge in [-0.25, -0.2) is 4.79 Å². The van der Waals surface area contributed by atoms with E-state index in [4.69, 9.17) is 5.11 Å². The quantitative estimate of drug-likeness (QED) is 0.642. The molecular formula is C18H19N5O5. The molecule has 10 heteroatoms. The molecule has 0 saturated carbocycles. The van der Waals surface area contributed by atoms with Gasteiger partial charge in [-0.15, -0.1) is 0 Å². The Morgan fingerprint density at radius 3 is 2.61 bits per heavy atom. The van der Waals surface area contributed by atoms with Crippen LogP contribution in [0.25, 0.3) is 11.2 Å². The van der Waals surface area contributed by atoms with Crippen molar-refractivity contribution in [2.24, 2.45) is 7.05 Å². The highest BCUT2D eigenvalue weighted by Crippen LogP contribution is 2.30. The lowest BCUT2D eigenvalue weighted by Crippen LogP contribution is -2.42. The molecule has 0 radical (unpaired) electrons. The highest BCUT2D eigenvalue weighted by Gasteiger charge is 2.30. The van der Waals surface area contributed by atoms with E-state index in [9.17, 15) is 19.5 Å². The van der Waals surface area contributed by atoms with Crippen molar-refractivity contribution in [3.63, 3.8) is 0 Å². The number of carboxylic acid groups (broad SMARTS) is 1. The number of hydrogen-bond donors (Lipinski definition) is 2. The lowest BCUT2D eigenvalue weighted by Gasteiger charge is -2.32. The number of aliphatic hydroxyl groups excluding tert-OH is 1. The summed E-state index contributed by atoms with van der Waals surface area (Å²) in [5, 5.41) is 19.3. The maximum absolute atomic E-state index is 13.0. The van der Waals surface area contributed by atoms with Crippen molar-refractivity contribution in [1.82, 2.24) is 18.7 Å². The first-order chi connectivity index (χ1) is 13.4. The van der Waals surface area contributed by atoms with E-state index in [-0.39, 0.29) is 30.7 Å². The number of imidazole rings is 1. The molecular weight excluding hydrogens is 366 g/mol. The summed E-state index contributed by atoms with van der Waals surface area (Å²) in [6.45, 7) is 0.221. The number of hydrogen-bond acceptors (Lipinski definition) is 6. The van der Waals surface area contributed by atoms with E-state index in [0.29, 0.717) is 12.5 Å². The molecule has 1 aliphatic heterocycles. The average Bonchev–Trinajstić information content (AvgIpc) is 3.05. The Hall–Kier alpha value is -3.40. The molecule has 3 aromatic rings. The van der Waals surface area contributed by atoms with Crippen molar-refractivity contribution in [3.05, 3.63) is 51.2 Å². The Morgan fingerprint density at radius 2 is 1.93 bits per heavy atom. The van der Waals surface area contributed by atoms with E-state index in [2.05, 4.69) is 4.98 Å². The standard InChI is InChI=1S/C18H19N5O5/c1-20-15-14(16(27)21(18(20)28)8-7-13(25)26)23-10-12(24)9-22(17(23)19-15)11-5-3-2-4-6-11/h2-6,12,24H,7-10H2,1H3,(H,25,26)/t12-/m1/s1. The van der Waals surface area contributed by atoms with Gasteiger partial charge in [0.05, 0.1) is 25.6 Å². The van der Waals surface area contributed by atoms with Gasteiger partial charge in [0.1, 0.15) is 0 Å². The van der Waals surface area contributed by atoms with Crippen LogP contribution in [0.1, 0.15) is 6.42 Å². The summed E-state index contributed by atoms with van der Waals surface area (Å²) in [5.74, 6) is -0.648. The number of aromatic nitrogens is 4. The van der Waals surface area contributed by atoms with Crippen molar-refractivity contribution < 1.29 is 15.0 Å². The normalized spacial score (nSPS) is 16.4. The zero-order chi connectivity index (χ0) is 20.0. The molecule has 0 spiro atoms. The first-order valence-corrected chi connectivity index (χ1v) is 8.81. The fourth-order valence-electron chi connectivity index (χ4n) is 3.53. The summed E-state index contributed by atoms with van der Waals surface area (Å²) in [6.07, 6.45) is -1.09. The monoisotopic (exact) mass is 385 g/mol. The number of β-amino-alcohol motifs (C(OH)–C–C–N with tert-alkyl or cyclic N) is 1. The van der Waals surface area contributed by atoms with Gasteiger partial charge < -0.3 is 19.7 Å². The van der Waals surface area contributed by atoms with Crippen LogP contribution in [0.15, 0.2) is 39.9 Å². The number of carbonyl (C=O) groups is 1. The van der Waals surface area contributed by atoms with Gasteiger partial charge in [0.15, 0.2) is 11.2 Å². The van der Waals surface area contributed by atoms with Crippen LogP contribution in [-0.4, -0.2) is 47.5 Å². The van der Waals surface area contributed by atoms with E-state index in [1.807, 2.05) is 30.3 Å². The van der Waals surface area contributed by atoms with Crippen LogP contribution >= 0.6 is 0 Å². The van der Waals surface area contributed by atoms with Crippen molar-refractivity contribution in [1.29, 1.82) is 0 Å². The van der Waals surface area contributed by atoms with Gasteiger partial charge in [-0.3, -0.25) is 18.7 Å². The van der Waals surface area contributed by atoms with Crippen LogP contribution < -0.4 is 16.1 Å². The zero-order valence-electron chi connectivity index (χ0n) is 15.1. The minimum Gasteiger partial charge on any atom is -0.481 e. The van der Waals surface area contributed by atoms with Gasteiger partial charge >= 0.3 is 11.7 Å². The molecule has 0 fully saturated rings. The number of nitrogens with zero attached hydrogens (tertiary/aromatic N) is 5. The Labute approximate surface area is 158 Å². The van der Waals surface area contributed by atoms with Crippen molar-refractivity contribution in [2.45, 2.75) is 25.6 Å². The summed E-state index contributed by atoms with van der Waals surface area (Å²) in [7, 11) is 1.49. The van der Waals surface area contributed by atoms with E-state index < -0.39 is 23.3 Å². The second-order valence-electron chi connectivity index (χ2n) is 6.74. The minimum atomic E-state index is -1.10. The van der Waals surface area contributed by atoms with Gasteiger partial charge in [-0.1, -0.05) is 18.2 Å². The summed E-state index contributed by atoms with van der Waals surface area (Å²) in [5.41, 5.74) is -0.0657. The van der Waals surface area contributed by atoms with Crippen molar-refractivity contribution in [2.75, 3.05) is 11.4 Å². The molecule has 0 aliphatic carbocycles. The van der Waals surface area contributed by atoms with E-state index >= 15 is 0 Å². The van der Waals surface area contributed by atoms with Crippen LogP contribution in [0, 0.1) is 0 Å². The fourth-order valence-corrected chi connectivity index (χ4v) is 3.53. The molecule has 1 aromatic carbocycles. The maximum atomic E-state index is 13.0. The molecule has 0 unspecified atom stereocenters. The van der Waals surface area contributed by atoms with Crippen LogP contribution in [0.5, 0.6) is 0 Å². The highest BCUT2D eigenvalue weighted by atomic mass is 16.4. The van der Waals surface area contributed by atoms with Crippen molar-refractivity contribution >= 4 is 28.8 Å². The second-order valence-corrected chi connectivity index (χ2v) is 6.74. The predicted molar refractivity (Wildman–Crippen MR) is 101 cm³/mol. The molecule has 4 rings (SSSR count). The number of aliphatic hydroxyl groups is 1. The number of carboxylic acids is 1. The lowest BCUT2D eigenvalue weighted by atomic mass is 10.2. The number of anilines is 2. The third-order valence-electron chi connectivity index (χ3n) is 4.86. The molecule has 2 N–H and O–H groups in total. The molecule has 10 nitrogen and oxygen atoms in total. The first-order valence-electron chi connectivity index (χ1n) is 8.81. The third-order valence-corrected chi connectivity index (χ3v) is 4.86. The van der Waals surface area contributed by atoms with E-state index in [0.717, 1.165) is 10.3 Å². The Kier molecular flexibility index (Phi) is 4.27. The average molecular weight is 385 g/mol. The summed E-state index contributed by atoms with van der Waals surface area (Å²) < 4.78 is 3.73. The molecule has 28 heavy (non-hydrogen) atoms. The fraction of sp³-hybridized carbons (Fsp3) is 0.333. The number of para-hydroxylation sites is 1. The molecule has 3 heterocycles. The Morgan fingerprint density at radius 1 is 1.21 bits per heavy atom. The molecule has 2 aromatic heterocycles. The predicted octanol–water partition coefficient (Wildman–Crippen LogP) is -0.116. The summed E-state index contributed by atoms with van der Waals surface area (Å²) in [4.78, 5) is 42.8. The largest absolute Gasteiger partial charge is 0.481 e. The van der Waals surface area contributed by atoms with Gasteiger partial charge in [-0.2, -0.15) is 4.98 Å². The molecule has 146 valence electrons. The number of aryl methyl sites for hydroxylation is 1. The van der Waals surface area contributed by atoms with Gasteiger partial charge in [0.2, 0.25) is 5.95 Å². The molecule has 0 bridgehead atoms. The summed E-state index contributed by atoms with van der Waals surface area (Å²) in [6, 6.07) is 9.32. The first kappa shape index (κ1) is 18.0. The van der Waals surface area contributed by atoms with Gasteiger partial charge in [0, 0.05) is 19.3 Å². The molecule has 0 saturated heterocycles. The van der Waals surface area contributed by atoms with Crippen LogP contribution in [0.2, 0.25) is 0 Å². The minimum absolute atomic E-state index is 0.154. The Balaban J connectivity index is 1.96. The number of benzene rings is 1. The lowest BCUT2D eigenvalue weighted by molar-refractivity contribution is -0.137. The summed E-state index contributed by atoms with van der Waals surface area (Å²) >= 11 is 0. The number of aliphatic carboxylic acids is 1. The van der Waals surface area contributed by atoms with Crippen LogP contribution in [-0.2, 0) is 24.9 Å². The van der Waals surface area contributed by atoms with E-state index in [1.165, 1.54) is 11.6 Å². The smallest absolute Gasteiger partial charge is 0.332 e. The molecule has 1 atom stereocenters. The molecule has 1 aliphatic rings. The van der Waals surface area contributed by atoms with Gasteiger partial charge in [0.25, 0.3) is 5.56 Å². The van der Waals surface area contributed by atoms with Crippen LogP contribution in [0.4, 0.5) is 11.6 Å². The van der Waals surface area contributed by atoms with Crippen LogP contribution in [0.3, 0.4) is 0 Å². The van der Waals surface area contributed by atoms with Gasteiger partial charge in [-0.05, 0) is 12.1 Å². The topological polar surface area (TPSA) is 123 Å². The maximum Gasteiger partial charge on any atom is 0.332 e. The molecule has 0 amide bonds. The zero-order valence-corrected chi connectivity index (χ0v) is 15.1. The second kappa shape index (κ2) is 6.64. The third kappa shape index (κ3) is 2.78. The number of fused-ring (bicyclic) bond motifs is 3. The highest BCUT2D eigenvalue weighted by molar-refractivity contribution is 5.77. The Bertz CT molecular complexity index is 1180.